The average Bonchev–Trinajstić information content (AvgIpc) is 3.43. The summed E-state index contributed by atoms with van der Waals surface area (Å²) in [7, 11) is 0. The SMILES string of the molecule is CCCCCCCCCCCCCCCCCCCCCCCCCC1OC1[NH-]. The van der Waals surface area contributed by atoms with Crippen LogP contribution in [0.25, 0.3) is 5.73 Å². The van der Waals surface area contributed by atoms with Crippen molar-refractivity contribution in [2.45, 2.75) is 173 Å². The highest BCUT2D eigenvalue weighted by atomic mass is 16.6. The molecule has 1 rings (SSSR count). The van der Waals surface area contributed by atoms with Gasteiger partial charge in [-0.25, -0.2) is 0 Å². The van der Waals surface area contributed by atoms with Gasteiger partial charge in [-0.3, -0.25) is 0 Å². The van der Waals surface area contributed by atoms with Gasteiger partial charge in [0.05, 0.1) is 6.10 Å². The van der Waals surface area contributed by atoms with Crippen molar-refractivity contribution in [3.05, 3.63) is 5.73 Å². The Morgan fingerprint density at radius 1 is 0.448 bits per heavy atom. The largest absolute Gasteiger partial charge is 0.650 e. The standard InChI is InChI=1S/C27H54NO/c1-2-3-4-5-6-7-8-9-10-11-12-13-14-15-16-17-18-19-20-21-22-23-24-25-26-27(28)29-26/h26-28H,2-25H2,1H3/q-1. The van der Waals surface area contributed by atoms with Gasteiger partial charge in [-0.1, -0.05) is 155 Å². The van der Waals surface area contributed by atoms with Crippen molar-refractivity contribution in [2.75, 3.05) is 0 Å². The molecule has 0 aromatic heterocycles. The number of ether oxygens (including phenoxy) is 1. The predicted octanol–water partition coefficient (Wildman–Crippen LogP) is 10.1. The summed E-state index contributed by atoms with van der Waals surface area (Å²) in [5, 5.41) is 0. The summed E-state index contributed by atoms with van der Waals surface area (Å²) in [6.07, 6.45) is 34.4. The van der Waals surface area contributed by atoms with E-state index in [4.69, 9.17) is 10.5 Å². The number of hydrogen-bond acceptors (Lipinski definition) is 1. The van der Waals surface area contributed by atoms with Gasteiger partial charge in [-0.15, -0.1) is 0 Å². The number of hydrogen-bond donors (Lipinski definition) is 0. The Balaban J connectivity index is 1.59. The average molecular weight is 409 g/mol. The molecule has 0 aromatic rings. The Morgan fingerprint density at radius 2 is 0.690 bits per heavy atom. The van der Waals surface area contributed by atoms with Crippen LogP contribution in [0.15, 0.2) is 0 Å². The fourth-order valence-corrected chi connectivity index (χ4v) is 4.49. The monoisotopic (exact) mass is 408 g/mol. The number of nitrogens with one attached hydrogen (secondary N) is 1. The van der Waals surface area contributed by atoms with E-state index in [1.54, 1.807) is 0 Å². The molecule has 2 nitrogen and oxygen atoms in total. The minimum Gasteiger partial charge on any atom is -0.650 e. The molecule has 2 atom stereocenters. The smallest absolute Gasteiger partial charge is 0.0626 e. The summed E-state index contributed by atoms with van der Waals surface area (Å²) in [6.45, 7) is 2.30. The van der Waals surface area contributed by atoms with Gasteiger partial charge >= 0.3 is 0 Å². The van der Waals surface area contributed by atoms with E-state index in [0.29, 0.717) is 0 Å². The van der Waals surface area contributed by atoms with Crippen LogP contribution in [0.3, 0.4) is 0 Å². The fraction of sp³-hybridized carbons (Fsp3) is 1.00. The van der Waals surface area contributed by atoms with Crippen molar-refractivity contribution >= 4 is 0 Å². The molecule has 0 amide bonds. The first-order chi connectivity index (χ1) is 14.3. The molecule has 1 N–H and O–H groups in total. The molecule has 1 fully saturated rings. The van der Waals surface area contributed by atoms with Crippen LogP contribution in [-0.4, -0.2) is 12.3 Å². The van der Waals surface area contributed by atoms with Gasteiger partial charge in [0.2, 0.25) is 0 Å². The molecular formula is C27H54NO-. The maximum atomic E-state index is 7.36. The van der Waals surface area contributed by atoms with Gasteiger partial charge in [-0.05, 0) is 12.6 Å². The molecule has 0 saturated carbocycles. The lowest BCUT2D eigenvalue weighted by atomic mass is 10.0. The van der Waals surface area contributed by atoms with E-state index in [0.717, 1.165) is 6.42 Å². The van der Waals surface area contributed by atoms with Gasteiger partial charge in [0.25, 0.3) is 0 Å². The summed E-state index contributed by atoms with van der Waals surface area (Å²) in [5.41, 5.74) is 7.36. The molecule has 174 valence electrons. The first kappa shape index (κ1) is 27.0. The van der Waals surface area contributed by atoms with E-state index in [1.165, 1.54) is 148 Å². The molecule has 0 aromatic carbocycles. The van der Waals surface area contributed by atoms with E-state index >= 15 is 0 Å². The zero-order valence-corrected chi connectivity index (χ0v) is 20.0. The van der Waals surface area contributed by atoms with Crippen LogP contribution in [0.5, 0.6) is 0 Å². The predicted molar refractivity (Wildman–Crippen MR) is 129 cm³/mol. The Morgan fingerprint density at radius 3 is 0.931 bits per heavy atom. The molecule has 0 spiro atoms. The summed E-state index contributed by atoms with van der Waals surface area (Å²) in [5.74, 6) is 0. The molecule has 0 bridgehead atoms. The van der Waals surface area contributed by atoms with Gasteiger partial charge in [0.1, 0.15) is 0 Å². The first-order valence-corrected chi connectivity index (χ1v) is 13.7. The molecule has 0 radical (unpaired) electrons. The van der Waals surface area contributed by atoms with Crippen LogP contribution in [0, 0.1) is 0 Å². The second-order valence-electron chi connectivity index (χ2n) is 9.66. The molecule has 1 aliphatic heterocycles. The third-order valence-corrected chi connectivity index (χ3v) is 6.67. The Hall–Kier alpha value is -0.0800. The summed E-state index contributed by atoms with van der Waals surface area (Å²) >= 11 is 0. The molecule has 1 aliphatic rings. The summed E-state index contributed by atoms with van der Waals surface area (Å²) in [4.78, 5) is 0. The third-order valence-electron chi connectivity index (χ3n) is 6.67. The van der Waals surface area contributed by atoms with E-state index in [2.05, 4.69) is 6.92 Å². The molecule has 2 heteroatoms. The van der Waals surface area contributed by atoms with Crippen molar-refractivity contribution in [1.29, 1.82) is 0 Å². The molecular weight excluding hydrogens is 354 g/mol. The van der Waals surface area contributed by atoms with E-state index in [-0.39, 0.29) is 12.3 Å². The molecule has 0 aliphatic carbocycles. The molecule has 1 saturated heterocycles. The highest BCUT2D eigenvalue weighted by molar-refractivity contribution is 4.87. The van der Waals surface area contributed by atoms with Crippen LogP contribution < -0.4 is 0 Å². The lowest BCUT2D eigenvalue weighted by Gasteiger charge is -2.04. The van der Waals surface area contributed by atoms with Crippen LogP contribution in [-0.2, 0) is 4.74 Å². The van der Waals surface area contributed by atoms with E-state index in [9.17, 15) is 0 Å². The maximum Gasteiger partial charge on any atom is 0.0626 e. The maximum absolute atomic E-state index is 7.36. The molecule has 2 unspecified atom stereocenters. The highest BCUT2D eigenvalue weighted by Crippen LogP contribution is 2.27. The highest BCUT2D eigenvalue weighted by Gasteiger charge is 2.26. The lowest BCUT2D eigenvalue weighted by molar-refractivity contribution is 0.372. The Labute approximate surface area is 184 Å². The normalized spacial score (nSPS) is 18.4. The van der Waals surface area contributed by atoms with Crippen molar-refractivity contribution < 1.29 is 4.74 Å². The zero-order valence-electron chi connectivity index (χ0n) is 20.0. The lowest BCUT2D eigenvalue weighted by Crippen LogP contribution is -1.89. The number of epoxide rings is 1. The van der Waals surface area contributed by atoms with Crippen LogP contribution >= 0.6 is 0 Å². The minimum atomic E-state index is -0.185. The van der Waals surface area contributed by atoms with E-state index in [1.807, 2.05) is 0 Å². The second-order valence-corrected chi connectivity index (χ2v) is 9.66. The van der Waals surface area contributed by atoms with Crippen molar-refractivity contribution in [3.8, 4) is 0 Å². The zero-order chi connectivity index (χ0) is 20.8. The number of unbranched alkanes of at least 4 members (excludes halogenated alkanes) is 22. The molecule has 29 heavy (non-hydrogen) atoms. The van der Waals surface area contributed by atoms with E-state index < -0.39 is 0 Å². The molecule has 1 heterocycles. The minimum absolute atomic E-state index is 0.185. The van der Waals surface area contributed by atoms with Gasteiger partial charge < -0.3 is 10.5 Å². The van der Waals surface area contributed by atoms with Crippen molar-refractivity contribution in [1.82, 2.24) is 0 Å². The van der Waals surface area contributed by atoms with Gasteiger partial charge in [0.15, 0.2) is 0 Å². The van der Waals surface area contributed by atoms with Gasteiger partial charge in [-0.2, -0.15) is 0 Å². The quantitative estimate of drug-likeness (QED) is 0.115. The Kier molecular flexibility index (Phi) is 19.7. The Bertz CT molecular complexity index is 320. The van der Waals surface area contributed by atoms with Gasteiger partial charge in [0, 0.05) is 0 Å². The summed E-state index contributed by atoms with van der Waals surface area (Å²) in [6, 6.07) is 0. The van der Waals surface area contributed by atoms with Crippen LogP contribution in [0.2, 0.25) is 0 Å². The second kappa shape index (κ2) is 21.2. The number of rotatable bonds is 24. The fourth-order valence-electron chi connectivity index (χ4n) is 4.49. The first-order valence-electron chi connectivity index (χ1n) is 13.7. The van der Waals surface area contributed by atoms with Crippen molar-refractivity contribution in [3.63, 3.8) is 0 Å². The summed E-state index contributed by atoms with van der Waals surface area (Å²) < 4.78 is 5.13. The van der Waals surface area contributed by atoms with Crippen molar-refractivity contribution in [2.24, 2.45) is 0 Å². The van der Waals surface area contributed by atoms with Crippen LogP contribution in [0.4, 0.5) is 0 Å². The third kappa shape index (κ3) is 19.6. The topological polar surface area (TPSA) is 36.3 Å². The van der Waals surface area contributed by atoms with Crippen LogP contribution in [0.1, 0.15) is 161 Å².